The summed E-state index contributed by atoms with van der Waals surface area (Å²) in [7, 11) is -3.56. The van der Waals surface area contributed by atoms with Gasteiger partial charge in [-0.05, 0) is 40.0 Å². The summed E-state index contributed by atoms with van der Waals surface area (Å²) in [4.78, 5) is 16.0. The first-order valence-electron chi connectivity index (χ1n) is 7.95. The number of nitrogens with zero attached hydrogens (tertiary/aromatic N) is 4. The fourth-order valence-corrected chi connectivity index (χ4v) is 3.64. The quantitative estimate of drug-likeness (QED) is 0.737. The van der Waals surface area contributed by atoms with Crippen LogP contribution in [0.4, 0.5) is 0 Å². The Bertz CT molecular complexity index is 826. The maximum Gasteiger partial charge on any atom is 0.247 e. The van der Waals surface area contributed by atoms with Gasteiger partial charge in [0.1, 0.15) is 0 Å². The van der Waals surface area contributed by atoms with E-state index in [4.69, 9.17) is 11.6 Å². The molecule has 2 heterocycles. The maximum absolute atomic E-state index is 12.5. The van der Waals surface area contributed by atoms with Gasteiger partial charge in [-0.3, -0.25) is 0 Å². The lowest BCUT2D eigenvalue weighted by Gasteiger charge is -2.24. The van der Waals surface area contributed by atoms with Crippen molar-refractivity contribution < 1.29 is 8.42 Å². The number of sulfone groups is 1. The maximum atomic E-state index is 12.5. The fraction of sp³-hybridized carbons (Fsp3) is 0.529. The molecule has 2 aromatic heterocycles. The lowest BCUT2D eigenvalue weighted by Crippen LogP contribution is -2.23. The normalized spacial score (nSPS) is 13.0. The summed E-state index contributed by atoms with van der Waals surface area (Å²) in [5.41, 5.74) is 1.18. The van der Waals surface area contributed by atoms with Crippen molar-refractivity contribution in [1.82, 2.24) is 19.9 Å². The number of hydrogen-bond donors (Lipinski definition) is 0. The predicted octanol–water partition coefficient (Wildman–Crippen LogP) is 3.36. The zero-order valence-electron chi connectivity index (χ0n) is 15.1. The van der Waals surface area contributed by atoms with Crippen LogP contribution in [0, 0.1) is 0 Å². The average Bonchev–Trinajstić information content (AvgIpc) is 2.53. The molecule has 0 atom stereocenters. The predicted molar refractivity (Wildman–Crippen MR) is 97.5 cm³/mol. The van der Waals surface area contributed by atoms with Crippen LogP contribution in [0.3, 0.4) is 0 Å². The van der Waals surface area contributed by atoms with Crippen molar-refractivity contribution in [1.29, 1.82) is 0 Å². The molecule has 136 valence electrons. The van der Waals surface area contributed by atoms with Crippen molar-refractivity contribution in [3.05, 3.63) is 41.2 Å². The van der Waals surface area contributed by atoms with Crippen LogP contribution < -0.4 is 0 Å². The Morgan fingerprint density at radius 1 is 0.880 bits per heavy atom. The number of rotatable bonds is 5. The highest BCUT2D eigenvalue weighted by molar-refractivity contribution is 7.91. The Morgan fingerprint density at radius 3 is 1.84 bits per heavy atom. The molecule has 6 nitrogen and oxygen atoms in total. The van der Waals surface area contributed by atoms with Gasteiger partial charge in [0.25, 0.3) is 0 Å². The summed E-state index contributed by atoms with van der Waals surface area (Å²) in [5, 5.41) is 0.0307. The van der Waals surface area contributed by atoms with Gasteiger partial charge in [0.2, 0.25) is 20.3 Å². The molecule has 2 rings (SSSR count). The van der Waals surface area contributed by atoms with Gasteiger partial charge in [-0.15, -0.1) is 0 Å². The van der Waals surface area contributed by atoms with Crippen molar-refractivity contribution in [3.63, 3.8) is 0 Å². The highest BCUT2D eigenvalue weighted by Gasteiger charge is 2.27. The summed E-state index contributed by atoms with van der Waals surface area (Å²) < 4.78 is 25.1. The molecule has 8 heteroatoms. The van der Waals surface area contributed by atoms with Crippen molar-refractivity contribution in [2.45, 2.75) is 57.0 Å². The highest BCUT2D eigenvalue weighted by Crippen LogP contribution is 2.28. The molecule has 25 heavy (non-hydrogen) atoms. The van der Waals surface area contributed by atoms with Crippen molar-refractivity contribution in [3.8, 4) is 0 Å². The third kappa shape index (κ3) is 4.95. The van der Waals surface area contributed by atoms with Crippen LogP contribution in [0.5, 0.6) is 0 Å². The van der Waals surface area contributed by atoms with E-state index in [-0.39, 0.29) is 21.6 Å². The van der Waals surface area contributed by atoms with E-state index in [0.29, 0.717) is 6.42 Å². The molecule has 0 radical (unpaired) electrons. The minimum absolute atomic E-state index is 0.0580. The molecule has 0 spiro atoms. The summed E-state index contributed by atoms with van der Waals surface area (Å²) in [6.45, 7) is 9.96. The fourth-order valence-electron chi connectivity index (χ4n) is 2.15. The second-order valence-corrected chi connectivity index (χ2v) is 10.0. The molecular weight excluding hydrogens is 360 g/mol. The Labute approximate surface area is 154 Å². The molecule has 0 aromatic carbocycles. The molecule has 0 fully saturated rings. The lowest BCUT2D eigenvalue weighted by molar-refractivity contribution is 0.494. The smallest absolute Gasteiger partial charge is 0.227 e. The van der Waals surface area contributed by atoms with E-state index >= 15 is 0 Å². The van der Waals surface area contributed by atoms with Crippen LogP contribution in [-0.2, 0) is 20.7 Å². The van der Waals surface area contributed by atoms with Gasteiger partial charge in [0.05, 0.1) is 5.75 Å². The second kappa shape index (κ2) is 6.96. The average molecular weight is 383 g/mol. The van der Waals surface area contributed by atoms with Gasteiger partial charge in [-0.1, -0.05) is 34.6 Å². The van der Waals surface area contributed by atoms with Gasteiger partial charge in [0.15, 0.2) is 0 Å². The summed E-state index contributed by atoms with van der Waals surface area (Å²) in [6.07, 6.45) is 6.80. The molecule has 2 aromatic rings. The standard InChI is InChI=1S/C17H23ClN4O2S/c1-16(2,3)12-8-21-15(22-9-12)25(23,24)7-6-17(4,5)13-10-19-14(18)20-11-13/h8-11H,6-7H2,1-5H3. The molecule has 0 saturated carbocycles. The third-order valence-corrected chi connectivity index (χ3v) is 5.87. The van der Waals surface area contributed by atoms with Gasteiger partial charge < -0.3 is 0 Å². The highest BCUT2D eigenvalue weighted by atomic mass is 35.5. The van der Waals surface area contributed by atoms with Gasteiger partial charge in [-0.25, -0.2) is 28.4 Å². The Kier molecular flexibility index (Phi) is 5.49. The zero-order valence-corrected chi connectivity index (χ0v) is 16.7. The molecule has 0 aliphatic carbocycles. The van der Waals surface area contributed by atoms with Gasteiger partial charge in [-0.2, -0.15) is 0 Å². The van der Waals surface area contributed by atoms with E-state index < -0.39 is 15.3 Å². The zero-order chi connectivity index (χ0) is 18.9. The molecule has 0 aliphatic heterocycles. The minimum Gasteiger partial charge on any atom is -0.227 e. The first kappa shape index (κ1) is 19.7. The number of aromatic nitrogens is 4. The first-order chi connectivity index (χ1) is 11.4. The summed E-state index contributed by atoms with van der Waals surface area (Å²) >= 11 is 5.70. The molecular formula is C17H23ClN4O2S. The monoisotopic (exact) mass is 382 g/mol. The van der Waals surface area contributed by atoms with E-state index in [1.807, 2.05) is 34.6 Å². The molecule has 0 bridgehead atoms. The molecule has 0 saturated heterocycles. The van der Waals surface area contributed by atoms with E-state index in [2.05, 4.69) is 19.9 Å². The Hall–Kier alpha value is -1.60. The molecule has 0 N–H and O–H groups in total. The van der Waals surface area contributed by atoms with Crippen LogP contribution in [0.1, 0.15) is 52.2 Å². The summed E-state index contributed by atoms with van der Waals surface area (Å²) in [6, 6.07) is 0. The molecule has 0 aliphatic rings. The van der Waals surface area contributed by atoms with E-state index in [1.165, 1.54) is 0 Å². The van der Waals surface area contributed by atoms with Crippen molar-refractivity contribution >= 4 is 21.4 Å². The van der Waals surface area contributed by atoms with Crippen molar-refractivity contribution in [2.75, 3.05) is 5.75 Å². The number of halogens is 1. The van der Waals surface area contributed by atoms with Crippen LogP contribution in [0.25, 0.3) is 0 Å². The summed E-state index contributed by atoms with van der Waals surface area (Å²) in [5.74, 6) is -0.0580. The molecule has 0 amide bonds. The minimum atomic E-state index is -3.56. The van der Waals surface area contributed by atoms with Crippen LogP contribution in [0.2, 0.25) is 5.28 Å². The van der Waals surface area contributed by atoms with Crippen LogP contribution in [-0.4, -0.2) is 34.1 Å². The molecule has 0 unspecified atom stereocenters. The SMILES string of the molecule is CC(C)(C)c1cnc(S(=O)(=O)CCC(C)(C)c2cnc(Cl)nc2)nc1. The number of hydrogen-bond acceptors (Lipinski definition) is 6. The van der Waals surface area contributed by atoms with Crippen LogP contribution >= 0.6 is 11.6 Å². The van der Waals surface area contributed by atoms with E-state index in [1.54, 1.807) is 24.8 Å². The van der Waals surface area contributed by atoms with Gasteiger partial charge >= 0.3 is 0 Å². The second-order valence-electron chi connectivity index (χ2n) is 7.70. The van der Waals surface area contributed by atoms with Gasteiger partial charge in [0, 0.05) is 24.8 Å². The van der Waals surface area contributed by atoms with E-state index in [0.717, 1.165) is 11.1 Å². The van der Waals surface area contributed by atoms with E-state index in [9.17, 15) is 8.42 Å². The largest absolute Gasteiger partial charge is 0.247 e. The van der Waals surface area contributed by atoms with Crippen LogP contribution in [0.15, 0.2) is 29.9 Å². The third-order valence-electron chi connectivity index (χ3n) is 4.17. The lowest BCUT2D eigenvalue weighted by atomic mass is 9.84. The van der Waals surface area contributed by atoms with Crippen molar-refractivity contribution in [2.24, 2.45) is 0 Å². The Balaban J connectivity index is 2.14. The Morgan fingerprint density at radius 2 is 1.36 bits per heavy atom. The topological polar surface area (TPSA) is 85.7 Å². The first-order valence-corrected chi connectivity index (χ1v) is 9.98.